The summed E-state index contributed by atoms with van der Waals surface area (Å²) in [5, 5.41) is 5.11. The van der Waals surface area contributed by atoms with Gasteiger partial charge in [-0.2, -0.15) is 0 Å². The van der Waals surface area contributed by atoms with Crippen molar-refractivity contribution < 1.29 is 13.6 Å². The Morgan fingerprint density at radius 1 is 1.05 bits per heavy atom. The molecule has 0 aliphatic carbocycles. The Balaban J connectivity index is 2.09. The van der Waals surface area contributed by atoms with Gasteiger partial charge in [0.2, 0.25) is 0 Å². The second-order valence-electron chi connectivity index (χ2n) is 3.93. The zero-order valence-corrected chi connectivity index (χ0v) is 10.8. The number of nitrogens with two attached hydrogens (primary N) is 1. The Labute approximate surface area is 118 Å². The third-order valence-corrected chi connectivity index (χ3v) is 2.68. The van der Waals surface area contributed by atoms with Crippen LogP contribution in [-0.2, 0) is 0 Å². The van der Waals surface area contributed by atoms with Gasteiger partial charge in [-0.15, -0.1) is 0 Å². The highest BCUT2D eigenvalue weighted by atomic mass is 35.5. The number of nitrogen functional groups attached to an aromatic ring is 1. The molecule has 0 bridgehead atoms. The molecular formula is C13H10ClF2N3O. The summed E-state index contributed by atoms with van der Waals surface area (Å²) in [4.78, 5) is 11.7. The van der Waals surface area contributed by atoms with Crippen molar-refractivity contribution in [3.63, 3.8) is 0 Å². The van der Waals surface area contributed by atoms with E-state index in [-0.39, 0.29) is 11.4 Å². The van der Waals surface area contributed by atoms with Crippen molar-refractivity contribution in [2.75, 3.05) is 16.4 Å². The molecule has 4 N–H and O–H groups in total. The van der Waals surface area contributed by atoms with Crippen LogP contribution in [0.3, 0.4) is 0 Å². The number of amides is 2. The van der Waals surface area contributed by atoms with E-state index in [2.05, 4.69) is 10.6 Å². The molecule has 0 aliphatic heterocycles. The lowest BCUT2D eigenvalue weighted by atomic mass is 10.2. The average molecular weight is 298 g/mol. The van der Waals surface area contributed by atoms with E-state index in [1.54, 1.807) is 6.07 Å². The predicted molar refractivity (Wildman–Crippen MR) is 74.9 cm³/mol. The minimum absolute atomic E-state index is 0.142. The van der Waals surface area contributed by atoms with Crippen LogP contribution >= 0.6 is 11.6 Å². The number of rotatable bonds is 2. The molecule has 2 aromatic carbocycles. The first-order chi connectivity index (χ1) is 9.45. The molecule has 0 aliphatic rings. The predicted octanol–water partition coefficient (Wildman–Crippen LogP) is 3.84. The van der Waals surface area contributed by atoms with Crippen LogP contribution in [0.4, 0.5) is 30.6 Å². The summed E-state index contributed by atoms with van der Waals surface area (Å²) in [5.41, 5.74) is 6.12. The first kappa shape index (κ1) is 14.1. The number of benzene rings is 2. The molecule has 4 nitrogen and oxygen atoms in total. The zero-order valence-electron chi connectivity index (χ0n) is 10.1. The maximum Gasteiger partial charge on any atom is 0.323 e. The molecule has 20 heavy (non-hydrogen) atoms. The molecule has 0 aromatic heterocycles. The van der Waals surface area contributed by atoms with Gasteiger partial charge in [-0.05, 0) is 30.3 Å². The molecule has 0 radical (unpaired) electrons. The van der Waals surface area contributed by atoms with E-state index in [1.165, 1.54) is 12.1 Å². The number of nitrogens with one attached hydrogen (secondary N) is 2. The highest BCUT2D eigenvalue weighted by Crippen LogP contribution is 2.23. The minimum Gasteiger partial charge on any atom is -0.397 e. The van der Waals surface area contributed by atoms with Crippen molar-refractivity contribution in [1.29, 1.82) is 0 Å². The van der Waals surface area contributed by atoms with Gasteiger partial charge in [0.05, 0.1) is 17.1 Å². The molecule has 0 spiro atoms. The minimum atomic E-state index is -0.871. The Morgan fingerprint density at radius 3 is 2.35 bits per heavy atom. The average Bonchev–Trinajstić information content (AvgIpc) is 2.36. The molecule has 2 amide bonds. The van der Waals surface area contributed by atoms with Gasteiger partial charge in [-0.25, -0.2) is 13.6 Å². The number of hydrogen-bond acceptors (Lipinski definition) is 2. The smallest absolute Gasteiger partial charge is 0.323 e. The Kier molecular flexibility index (Phi) is 4.05. The monoisotopic (exact) mass is 297 g/mol. The van der Waals surface area contributed by atoms with Crippen LogP contribution < -0.4 is 16.4 Å². The highest BCUT2D eigenvalue weighted by Gasteiger charge is 2.09. The van der Waals surface area contributed by atoms with Gasteiger partial charge in [0.15, 0.2) is 0 Å². The van der Waals surface area contributed by atoms with Crippen LogP contribution in [0.1, 0.15) is 0 Å². The second-order valence-corrected chi connectivity index (χ2v) is 4.37. The molecule has 7 heteroatoms. The van der Waals surface area contributed by atoms with Crippen LogP contribution in [0.15, 0.2) is 36.4 Å². The van der Waals surface area contributed by atoms with Gasteiger partial charge < -0.3 is 16.4 Å². The molecule has 0 unspecified atom stereocenters. The normalized spacial score (nSPS) is 10.2. The number of anilines is 3. The lowest BCUT2D eigenvalue weighted by Gasteiger charge is -2.10. The number of halogens is 3. The summed E-state index contributed by atoms with van der Waals surface area (Å²) in [6, 6.07) is 6.65. The molecule has 0 atom stereocenters. The fourth-order valence-electron chi connectivity index (χ4n) is 1.51. The fraction of sp³-hybridized carbons (Fsp3) is 0. The number of carbonyl (C=O) groups is 1. The summed E-state index contributed by atoms with van der Waals surface area (Å²) in [6.45, 7) is 0. The van der Waals surface area contributed by atoms with Crippen LogP contribution in [0.2, 0.25) is 5.02 Å². The van der Waals surface area contributed by atoms with Crippen LogP contribution in [0.25, 0.3) is 0 Å². The summed E-state index contributed by atoms with van der Waals surface area (Å²) in [7, 11) is 0. The van der Waals surface area contributed by atoms with E-state index >= 15 is 0 Å². The standard InChI is InChI=1S/C13H10ClF2N3O/c14-7-1-3-12(10(17)5-7)19-13(20)18-11-4-2-8(15)6-9(11)16/h1-6H,17H2,(H2,18,19,20). The van der Waals surface area contributed by atoms with Crippen molar-refractivity contribution in [3.05, 3.63) is 53.1 Å². The van der Waals surface area contributed by atoms with Crippen molar-refractivity contribution in [2.24, 2.45) is 0 Å². The highest BCUT2D eigenvalue weighted by molar-refractivity contribution is 6.31. The molecule has 2 aromatic rings. The van der Waals surface area contributed by atoms with Gasteiger partial charge >= 0.3 is 6.03 Å². The van der Waals surface area contributed by atoms with Crippen LogP contribution in [-0.4, -0.2) is 6.03 Å². The SMILES string of the molecule is Nc1cc(Cl)ccc1NC(=O)Nc1ccc(F)cc1F. The van der Waals surface area contributed by atoms with Gasteiger partial charge in [-0.1, -0.05) is 11.6 Å². The van der Waals surface area contributed by atoms with E-state index in [4.69, 9.17) is 17.3 Å². The van der Waals surface area contributed by atoms with Crippen molar-refractivity contribution in [3.8, 4) is 0 Å². The number of hydrogen-bond donors (Lipinski definition) is 3. The van der Waals surface area contributed by atoms with E-state index in [0.29, 0.717) is 16.8 Å². The fourth-order valence-corrected chi connectivity index (χ4v) is 1.69. The third kappa shape index (κ3) is 3.36. The Hall–Kier alpha value is -2.34. The summed E-state index contributed by atoms with van der Waals surface area (Å²) in [6.07, 6.45) is 0. The molecular weight excluding hydrogens is 288 g/mol. The van der Waals surface area contributed by atoms with Crippen molar-refractivity contribution in [2.45, 2.75) is 0 Å². The summed E-state index contributed by atoms with van der Waals surface area (Å²) in [5.74, 6) is -1.60. The Bertz CT molecular complexity index is 609. The topological polar surface area (TPSA) is 67.1 Å². The molecule has 2 rings (SSSR count). The van der Waals surface area contributed by atoms with Crippen LogP contribution in [0.5, 0.6) is 0 Å². The Morgan fingerprint density at radius 2 is 1.70 bits per heavy atom. The lowest BCUT2D eigenvalue weighted by molar-refractivity contribution is 0.262. The first-order valence-corrected chi connectivity index (χ1v) is 5.91. The van der Waals surface area contributed by atoms with E-state index in [9.17, 15) is 13.6 Å². The van der Waals surface area contributed by atoms with E-state index in [1.807, 2.05) is 0 Å². The quantitative estimate of drug-likeness (QED) is 0.737. The van der Waals surface area contributed by atoms with Crippen molar-refractivity contribution >= 4 is 34.7 Å². The summed E-state index contributed by atoms with van der Waals surface area (Å²) >= 11 is 5.73. The maximum atomic E-state index is 13.4. The van der Waals surface area contributed by atoms with E-state index in [0.717, 1.165) is 12.1 Å². The zero-order chi connectivity index (χ0) is 14.7. The molecule has 104 valence electrons. The number of urea groups is 1. The van der Waals surface area contributed by atoms with Crippen LogP contribution in [0, 0.1) is 11.6 Å². The van der Waals surface area contributed by atoms with Gasteiger partial charge in [0.1, 0.15) is 11.6 Å². The molecule has 0 fully saturated rings. The summed E-state index contributed by atoms with van der Waals surface area (Å²) < 4.78 is 26.1. The van der Waals surface area contributed by atoms with Gasteiger partial charge in [-0.3, -0.25) is 0 Å². The van der Waals surface area contributed by atoms with Gasteiger partial charge in [0.25, 0.3) is 0 Å². The molecule has 0 saturated heterocycles. The molecule has 0 saturated carbocycles. The molecule has 0 heterocycles. The first-order valence-electron chi connectivity index (χ1n) is 5.54. The van der Waals surface area contributed by atoms with Gasteiger partial charge in [0, 0.05) is 11.1 Å². The third-order valence-electron chi connectivity index (χ3n) is 2.44. The maximum absolute atomic E-state index is 13.4. The second kappa shape index (κ2) is 5.75. The largest absolute Gasteiger partial charge is 0.397 e. The van der Waals surface area contributed by atoms with Crippen molar-refractivity contribution in [1.82, 2.24) is 0 Å². The lowest BCUT2D eigenvalue weighted by Crippen LogP contribution is -2.20. The number of carbonyl (C=O) groups excluding carboxylic acids is 1. The van der Waals surface area contributed by atoms with E-state index < -0.39 is 17.7 Å².